The Bertz CT molecular complexity index is 498. The van der Waals surface area contributed by atoms with Gasteiger partial charge < -0.3 is 0 Å². The molecule has 90 valence electrons. The van der Waals surface area contributed by atoms with E-state index in [2.05, 4.69) is 21.9 Å². The number of pyridine rings is 1. The van der Waals surface area contributed by atoms with Gasteiger partial charge in [-0.25, -0.2) is 4.98 Å². The minimum atomic E-state index is 0.734. The number of nitrogens with zero attached hydrogens (tertiary/aromatic N) is 3. The molecule has 0 unspecified atom stereocenters. The van der Waals surface area contributed by atoms with Crippen molar-refractivity contribution in [2.24, 2.45) is 0 Å². The number of halogens is 1. The van der Waals surface area contributed by atoms with Gasteiger partial charge in [0, 0.05) is 29.2 Å². The van der Waals surface area contributed by atoms with Crippen molar-refractivity contribution in [1.29, 1.82) is 0 Å². The molecule has 0 aliphatic carbocycles. The van der Waals surface area contributed by atoms with Crippen molar-refractivity contribution < 1.29 is 0 Å². The molecule has 0 aromatic carbocycles. The van der Waals surface area contributed by atoms with E-state index in [-0.39, 0.29) is 0 Å². The average molecular weight is 268 g/mol. The van der Waals surface area contributed by atoms with Gasteiger partial charge in [0.05, 0.1) is 16.9 Å². The zero-order chi connectivity index (χ0) is 12.3. The molecular formula is C12H14ClN3S. The van der Waals surface area contributed by atoms with Gasteiger partial charge in [0.2, 0.25) is 0 Å². The first kappa shape index (κ1) is 12.5. The Balaban J connectivity index is 1.98. The lowest BCUT2D eigenvalue weighted by Gasteiger charge is -2.15. The van der Waals surface area contributed by atoms with Gasteiger partial charge in [0.1, 0.15) is 0 Å². The standard InChI is InChI=1S/C12H14ClN3S/c1-9-12(17-8-15-9)7-16(2)6-11-5-10(13)3-4-14-11/h3-5,8H,6-7H2,1-2H3. The summed E-state index contributed by atoms with van der Waals surface area (Å²) in [5, 5.41) is 0.734. The highest BCUT2D eigenvalue weighted by molar-refractivity contribution is 7.09. The van der Waals surface area contributed by atoms with Crippen LogP contribution in [0.25, 0.3) is 0 Å². The van der Waals surface area contributed by atoms with Crippen LogP contribution in [0.5, 0.6) is 0 Å². The Morgan fingerprint density at radius 3 is 2.82 bits per heavy atom. The first-order chi connectivity index (χ1) is 8.15. The topological polar surface area (TPSA) is 29.0 Å². The zero-order valence-electron chi connectivity index (χ0n) is 9.85. The first-order valence-electron chi connectivity index (χ1n) is 5.33. The summed E-state index contributed by atoms with van der Waals surface area (Å²) in [6.07, 6.45) is 1.74. The molecule has 0 atom stereocenters. The van der Waals surface area contributed by atoms with E-state index in [0.29, 0.717) is 0 Å². The molecular weight excluding hydrogens is 254 g/mol. The molecule has 0 amide bonds. The molecule has 2 aromatic rings. The van der Waals surface area contributed by atoms with Crippen molar-refractivity contribution in [3.05, 3.63) is 45.1 Å². The van der Waals surface area contributed by atoms with Gasteiger partial charge in [-0.2, -0.15) is 0 Å². The molecule has 3 nitrogen and oxygen atoms in total. The highest BCUT2D eigenvalue weighted by Gasteiger charge is 2.07. The second-order valence-electron chi connectivity index (χ2n) is 4.00. The van der Waals surface area contributed by atoms with E-state index in [0.717, 1.165) is 29.5 Å². The van der Waals surface area contributed by atoms with Crippen LogP contribution in [-0.2, 0) is 13.1 Å². The molecule has 2 rings (SSSR count). The summed E-state index contributed by atoms with van der Waals surface area (Å²) >= 11 is 7.62. The fraction of sp³-hybridized carbons (Fsp3) is 0.333. The Morgan fingerprint density at radius 1 is 1.35 bits per heavy atom. The largest absolute Gasteiger partial charge is 0.295 e. The summed E-state index contributed by atoms with van der Waals surface area (Å²) in [6, 6.07) is 3.69. The van der Waals surface area contributed by atoms with E-state index in [9.17, 15) is 0 Å². The van der Waals surface area contributed by atoms with E-state index < -0.39 is 0 Å². The van der Waals surface area contributed by atoms with Gasteiger partial charge in [0.15, 0.2) is 0 Å². The van der Waals surface area contributed by atoms with Crippen molar-refractivity contribution in [1.82, 2.24) is 14.9 Å². The van der Waals surface area contributed by atoms with E-state index in [1.54, 1.807) is 23.6 Å². The molecule has 2 heterocycles. The Morgan fingerprint density at radius 2 is 2.18 bits per heavy atom. The fourth-order valence-electron chi connectivity index (χ4n) is 1.59. The highest BCUT2D eigenvalue weighted by Crippen LogP contribution is 2.16. The fourth-order valence-corrected chi connectivity index (χ4v) is 2.63. The molecule has 0 aliphatic rings. The SMILES string of the molecule is Cc1ncsc1CN(C)Cc1cc(Cl)ccn1. The molecule has 0 N–H and O–H groups in total. The van der Waals surface area contributed by atoms with Gasteiger partial charge in [-0.15, -0.1) is 11.3 Å². The first-order valence-corrected chi connectivity index (χ1v) is 6.59. The summed E-state index contributed by atoms with van der Waals surface area (Å²) in [5.41, 5.74) is 3.99. The van der Waals surface area contributed by atoms with Crippen LogP contribution < -0.4 is 0 Å². The second-order valence-corrected chi connectivity index (χ2v) is 5.37. The molecule has 5 heteroatoms. The van der Waals surface area contributed by atoms with Crippen LogP contribution in [0.4, 0.5) is 0 Å². The molecule has 0 fully saturated rings. The average Bonchev–Trinajstić information content (AvgIpc) is 2.64. The molecule has 0 aliphatic heterocycles. The predicted octanol–water partition coefficient (Wildman–Crippen LogP) is 3.13. The summed E-state index contributed by atoms with van der Waals surface area (Å²) in [4.78, 5) is 12.0. The molecule has 17 heavy (non-hydrogen) atoms. The van der Waals surface area contributed by atoms with Crippen LogP contribution >= 0.6 is 22.9 Å². The summed E-state index contributed by atoms with van der Waals surface area (Å²) in [5.74, 6) is 0. The molecule has 2 aromatic heterocycles. The summed E-state index contributed by atoms with van der Waals surface area (Å²) in [6.45, 7) is 3.72. The van der Waals surface area contributed by atoms with E-state index in [4.69, 9.17) is 11.6 Å². The minimum Gasteiger partial charge on any atom is -0.295 e. The number of hydrogen-bond acceptors (Lipinski definition) is 4. The molecule has 0 radical (unpaired) electrons. The quantitative estimate of drug-likeness (QED) is 0.852. The maximum atomic E-state index is 5.93. The molecule has 0 saturated carbocycles. The van der Waals surface area contributed by atoms with Crippen molar-refractivity contribution in [3.8, 4) is 0 Å². The van der Waals surface area contributed by atoms with Gasteiger partial charge in [-0.3, -0.25) is 9.88 Å². The lowest BCUT2D eigenvalue weighted by Crippen LogP contribution is -2.17. The van der Waals surface area contributed by atoms with Gasteiger partial charge >= 0.3 is 0 Å². The van der Waals surface area contributed by atoms with Crippen molar-refractivity contribution in [3.63, 3.8) is 0 Å². The van der Waals surface area contributed by atoms with Crippen LogP contribution in [-0.4, -0.2) is 21.9 Å². The van der Waals surface area contributed by atoms with Gasteiger partial charge in [0.25, 0.3) is 0 Å². The molecule has 0 saturated heterocycles. The lowest BCUT2D eigenvalue weighted by molar-refractivity contribution is 0.317. The molecule has 0 spiro atoms. The maximum absolute atomic E-state index is 5.93. The van der Waals surface area contributed by atoms with Crippen LogP contribution in [0, 0.1) is 6.92 Å². The number of hydrogen-bond donors (Lipinski definition) is 0. The van der Waals surface area contributed by atoms with Gasteiger partial charge in [-0.1, -0.05) is 11.6 Å². The number of aromatic nitrogens is 2. The lowest BCUT2D eigenvalue weighted by atomic mass is 10.3. The van der Waals surface area contributed by atoms with Crippen molar-refractivity contribution in [2.75, 3.05) is 7.05 Å². The zero-order valence-corrected chi connectivity index (χ0v) is 11.4. The highest BCUT2D eigenvalue weighted by atomic mass is 35.5. The number of aryl methyl sites for hydroxylation is 1. The van der Waals surface area contributed by atoms with Crippen LogP contribution in [0.15, 0.2) is 23.8 Å². The summed E-state index contributed by atoms with van der Waals surface area (Å²) in [7, 11) is 2.07. The Hall–Kier alpha value is -0.970. The Labute approximate surface area is 110 Å². The third-order valence-electron chi connectivity index (χ3n) is 2.47. The second kappa shape index (κ2) is 5.58. The normalized spacial score (nSPS) is 11.1. The molecule has 0 bridgehead atoms. The monoisotopic (exact) mass is 267 g/mol. The summed E-state index contributed by atoms with van der Waals surface area (Å²) < 4.78 is 0. The maximum Gasteiger partial charge on any atom is 0.0798 e. The van der Waals surface area contributed by atoms with Crippen LogP contribution in [0.1, 0.15) is 16.3 Å². The third-order valence-corrected chi connectivity index (χ3v) is 3.62. The third kappa shape index (κ3) is 3.49. The van der Waals surface area contributed by atoms with E-state index in [1.807, 2.05) is 18.5 Å². The van der Waals surface area contributed by atoms with Crippen LogP contribution in [0.2, 0.25) is 5.02 Å². The number of thiazole rings is 1. The van der Waals surface area contributed by atoms with Crippen LogP contribution in [0.3, 0.4) is 0 Å². The minimum absolute atomic E-state index is 0.734. The predicted molar refractivity (Wildman–Crippen MR) is 71.3 cm³/mol. The Kier molecular flexibility index (Phi) is 4.10. The van der Waals surface area contributed by atoms with Gasteiger partial charge in [-0.05, 0) is 26.1 Å². The van der Waals surface area contributed by atoms with Crippen molar-refractivity contribution in [2.45, 2.75) is 20.0 Å². The van der Waals surface area contributed by atoms with Crippen molar-refractivity contribution >= 4 is 22.9 Å². The van der Waals surface area contributed by atoms with E-state index in [1.165, 1.54) is 4.88 Å². The number of rotatable bonds is 4. The van der Waals surface area contributed by atoms with E-state index >= 15 is 0 Å². The smallest absolute Gasteiger partial charge is 0.0798 e.